The van der Waals surface area contributed by atoms with Gasteiger partial charge in [-0.25, -0.2) is 9.69 Å². The predicted octanol–water partition coefficient (Wildman–Crippen LogP) is 2.49. The fraction of sp³-hybridized carbons (Fsp3) is 0.471. The molecule has 0 fully saturated rings. The Morgan fingerprint density at radius 2 is 1.96 bits per heavy atom. The van der Waals surface area contributed by atoms with Crippen LogP contribution in [-0.2, 0) is 25.5 Å². The van der Waals surface area contributed by atoms with E-state index < -0.39 is 11.7 Å². The zero-order valence-corrected chi connectivity index (χ0v) is 14.3. The van der Waals surface area contributed by atoms with Gasteiger partial charge in [-0.2, -0.15) is 0 Å². The Balaban J connectivity index is 2.25. The van der Waals surface area contributed by atoms with Crippen LogP contribution in [0.3, 0.4) is 0 Å². The summed E-state index contributed by atoms with van der Waals surface area (Å²) >= 11 is 0. The third-order valence-electron chi connectivity index (χ3n) is 3.31. The van der Waals surface area contributed by atoms with Crippen LogP contribution in [0.15, 0.2) is 18.2 Å². The lowest BCUT2D eigenvalue weighted by molar-refractivity contribution is -0.120. The predicted molar refractivity (Wildman–Crippen MR) is 89.0 cm³/mol. The Morgan fingerprint density at radius 3 is 2.58 bits per heavy atom. The number of carbonyl (C=O) groups excluding carboxylic acids is 3. The Hall–Kier alpha value is -2.41. The van der Waals surface area contributed by atoms with Crippen LogP contribution in [0.2, 0.25) is 0 Å². The minimum Gasteiger partial charge on any atom is -0.443 e. The summed E-state index contributed by atoms with van der Waals surface area (Å²) in [6.07, 6.45) is 0.0213. The van der Waals surface area contributed by atoms with Crippen molar-refractivity contribution in [2.45, 2.75) is 39.2 Å². The van der Waals surface area contributed by atoms with Crippen molar-refractivity contribution in [1.82, 2.24) is 0 Å². The number of nitrogens with zero attached hydrogens (tertiary/aromatic N) is 1. The molecule has 1 heterocycles. The first-order valence-electron chi connectivity index (χ1n) is 7.69. The number of rotatable bonds is 3. The topological polar surface area (TPSA) is 84.9 Å². The van der Waals surface area contributed by atoms with Crippen LogP contribution in [0, 0.1) is 0 Å². The van der Waals surface area contributed by atoms with Gasteiger partial charge in [-0.05, 0) is 51.0 Å². The lowest BCUT2D eigenvalue weighted by atomic mass is 10.0. The highest BCUT2D eigenvalue weighted by Crippen LogP contribution is 2.31. The molecule has 0 radical (unpaired) electrons. The zero-order valence-electron chi connectivity index (χ0n) is 14.3. The first-order chi connectivity index (χ1) is 11.2. The van der Waals surface area contributed by atoms with Crippen LogP contribution in [0.25, 0.3) is 0 Å². The molecule has 0 spiro atoms. The highest BCUT2D eigenvalue weighted by atomic mass is 16.6. The Labute approximate surface area is 140 Å². The molecule has 3 amide bonds. The largest absolute Gasteiger partial charge is 0.443 e. The monoisotopic (exact) mass is 334 g/mol. The average Bonchev–Trinajstić information content (AvgIpc) is 2.45. The van der Waals surface area contributed by atoms with Crippen molar-refractivity contribution in [1.29, 1.82) is 0 Å². The Kier molecular flexibility index (Phi) is 5.23. The van der Waals surface area contributed by atoms with Gasteiger partial charge in [-0.15, -0.1) is 0 Å². The normalized spacial score (nSPS) is 14.2. The van der Waals surface area contributed by atoms with Gasteiger partial charge in [0.15, 0.2) is 0 Å². The Bertz CT molecular complexity index is 663. The molecule has 0 bridgehead atoms. The van der Waals surface area contributed by atoms with Crippen molar-refractivity contribution in [2.75, 3.05) is 23.9 Å². The van der Waals surface area contributed by atoms with Crippen molar-refractivity contribution < 1.29 is 23.9 Å². The minimum atomic E-state index is -0.691. The molecule has 1 aliphatic rings. The third-order valence-corrected chi connectivity index (χ3v) is 3.31. The van der Waals surface area contributed by atoms with Crippen molar-refractivity contribution in [3.8, 4) is 0 Å². The van der Waals surface area contributed by atoms with Crippen molar-refractivity contribution in [3.05, 3.63) is 23.8 Å². The molecule has 1 N–H and O–H groups in total. The molecule has 7 nitrogen and oxygen atoms in total. The van der Waals surface area contributed by atoms with Crippen LogP contribution in [0.1, 0.15) is 32.8 Å². The summed E-state index contributed by atoms with van der Waals surface area (Å²) in [5, 5.41) is 2.70. The lowest BCUT2D eigenvalue weighted by Crippen LogP contribution is -2.43. The van der Waals surface area contributed by atoms with Gasteiger partial charge in [0.05, 0.1) is 5.69 Å². The first kappa shape index (κ1) is 17.9. The molecule has 1 aromatic carbocycles. The van der Waals surface area contributed by atoms with E-state index in [9.17, 15) is 14.4 Å². The second-order valence-electron chi connectivity index (χ2n) is 6.53. The summed E-state index contributed by atoms with van der Waals surface area (Å²) in [5.41, 5.74) is 1.19. The van der Waals surface area contributed by atoms with Gasteiger partial charge in [0.2, 0.25) is 11.8 Å². The fourth-order valence-electron chi connectivity index (χ4n) is 2.41. The molecule has 2 rings (SSSR count). The van der Waals surface area contributed by atoms with E-state index in [1.54, 1.807) is 39.0 Å². The summed E-state index contributed by atoms with van der Waals surface area (Å²) in [5.74, 6) is -0.568. The van der Waals surface area contributed by atoms with Gasteiger partial charge in [-0.1, -0.05) is 0 Å². The molecular weight excluding hydrogens is 312 g/mol. The number of hydrogen-bond donors (Lipinski definition) is 1. The van der Waals surface area contributed by atoms with Crippen LogP contribution in [-0.4, -0.2) is 37.2 Å². The molecule has 1 aromatic rings. The molecule has 7 heteroatoms. The molecule has 0 saturated carbocycles. The summed E-state index contributed by atoms with van der Waals surface area (Å²) in [4.78, 5) is 37.1. The smallest absolute Gasteiger partial charge is 0.421 e. The number of ether oxygens (including phenoxy) is 2. The molecule has 0 aromatic heterocycles. The number of fused-ring (bicyclic) bond motifs is 1. The van der Waals surface area contributed by atoms with Crippen LogP contribution in [0.4, 0.5) is 16.2 Å². The molecule has 0 aliphatic carbocycles. The van der Waals surface area contributed by atoms with Crippen LogP contribution < -0.4 is 10.2 Å². The number of aryl methyl sites for hydroxylation is 1. The van der Waals surface area contributed by atoms with Gasteiger partial charge >= 0.3 is 6.09 Å². The van der Waals surface area contributed by atoms with E-state index in [0.717, 1.165) is 10.5 Å². The van der Waals surface area contributed by atoms with Crippen molar-refractivity contribution >= 4 is 29.3 Å². The van der Waals surface area contributed by atoms with Gasteiger partial charge in [0.25, 0.3) is 0 Å². The highest BCUT2D eigenvalue weighted by Gasteiger charge is 2.33. The minimum absolute atomic E-state index is 0.0421. The van der Waals surface area contributed by atoms with Crippen LogP contribution >= 0.6 is 0 Å². The van der Waals surface area contributed by atoms with Crippen LogP contribution in [0.5, 0.6) is 0 Å². The first-order valence-corrected chi connectivity index (χ1v) is 7.69. The lowest BCUT2D eigenvalue weighted by Gasteiger charge is -2.30. The van der Waals surface area contributed by atoms with E-state index in [1.165, 1.54) is 7.11 Å². The molecular formula is C17H22N2O5. The van der Waals surface area contributed by atoms with Crippen molar-refractivity contribution in [2.24, 2.45) is 0 Å². The maximum absolute atomic E-state index is 12.3. The van der Waals surface area contributed by atoms with E-state index in [4.69, 9.17) is 9.47 Å². The quantitative estimate of drug-likeness (QED) is 0.918. The second-order valence-corrected chi connectivity index (χ2v) is 6.53. The van der Waals surface area contributed by atoms with E-state index >= 15 is 0 Å². The second kappa shape index (κ2) is 7.00. The number of imide groups is 1. The number of methoxy groups -OCH3 is 1. The Morgan fingerprint density at radius 1 is 1.25 bits per heavy atom. The van der Waals surface area contributed by atoms with Gasteiger partial charge in [0, 0.05) is 19.2 Å². The fourth-order valence-corrected chi connectivity index (χ4v) is 2.41. The number of nitrogens with one attached hydrogen (secondary N) is 1. The number of amides is 3. The summed E-state index contributed by atoms with van der Waals surface area (Å²) < 4.78 is 10.1. The molecule has 0 unspecified atom stereocenters. The third kappa shape index (κ3) is 4.32. The van der Waals surface area contributed by atoms with E-state index in [2.05, 4.69) is 5.32 Å². The maximum atomic E-state index is 12.3. The summed E-state index contributed by atoms with van der Waals surface area (Å²) in [6, 6.07) is 5.04. The zero-order chi connectivity index (χ0) is 17.9. The summed E-state index contributed by atoms with van der Waals surface area (Å²) in [7, 11) is 1.44. The molecule has 1 aliphatic heterocycles. The SMILES string of the molecule is COCC(=O)Nc1ccc2c(c1)CCC(=O)N2C(=O)OC(C)(C)C. The average molecular weight is 334 g/mol. The summed E-state index contributed by atoms with van der Waals surface area (Å²) in [6.45, 7) is 5.19. The van der Waals surface area contributed by atoms with Gasteiger partial charge in [-0.3, -0.25) is 9.59 Å². The van der Waals surface area contributed by atoms with Gasteiger partial charge in [0.1, 0.15) is 12.2 Å². The van der Waals surface area contributed by atoms with Crippen molar-refractivity contribution in [3.63, 3.8) is 0 Å². The molecule has 130 valence electrons. The molecule has 24 heavy (non-hydrogen) atoms. The van der Waals surface area contributed by atoms with Gasteiger partial charge < -0.3 is 14.8 Å². The molecule has 0 saturated heterocycles. The van der Waals surface area contributed by atoms with E-state index in [-0.39, 0.29) is 24.8 Å². The number of carbonyl (C=O) groups is 3. The number of benzene rings is 1. The highest BCUT2D eigenvalue weighted by molar-refractivity contribution is 6.14. The number of hydrogen-bond acceptors (Lipinski definition) is 5. The molecule has 0 atom stereocenters. The van der Waals surface area contributed by atoms with E-state index in [0.29, 0.717) is 17.8 Å². The maximum Gasteiger partial charge on any atom is 0.421 e. The number of anilines is 2. The van der Waals surface area contributed by atoms with E-state index in [1.807, 2.05) is 0 Å². The standard InChI is InChI=1S/C17H22N2O5/c1-17(2,3)24-16(22)19-13-7-6-12(18-14(20)10-23-4)9-11(13)5-8-15(19)21/h6-7,9H,5,8,10H2,1-4H3,(H,18,20).